The Morgan fingerprint density at radius 1 is 0.952 bits per heavy atom. The molecule has 2 N–H and O–H groups in total. The zero-order chi connectivity index (χ0) is 28.9. The van der Waals surface area contributed by atoms with E-state index in [1.54, 1.807) is 6.07 Å². The first kappa shape index (κ1) is 27.7. The van der Waals surface area contributed by atoms with Crippen molar-refractivity contribution in [1.82, 2.24) is 29.8 Å². The van der Waals surface area contributed by atoms with Crippen LogP contribution >= 0.6 is 22.9 Å². The maximum Gasteiger partial charge on any atom is 0.267 e. The van der Waals surface area contributed by atoms with Crippen molar-refractivity contribution in [2.45, 2.75) is 13.5 Å². The Balaban J connectivity index is 1.19. The second kappa shape index (κ2) is 12.6. The van der Waals surface area contributed by atoms with Gasteiger partial charge in [-0.25, -0.2) is 4.98 Å². The number of anilines is 4. The van der Waals surface area contributed by atoms with Gasteiger partial charge in [0.15, 0.2) is 11.0 Å². The van der Waals surface area contributed by atoms with Crippen LogP contribution in [0.4, 0.5) is 22.7 Å². The summed E-state index contributed by atoms with van der Waals surface area (Å²) < 4.78 is 0. The van der Waals surface area contributed by atoms with Gasteiger partial charge in [-0.15, -0.1) is 0 Å². The quantitative estimate of drug-likeness (QED) is 0.234. The third-order valence-electron chi connectivity index (χ3n) is 6.87. The van der Waals surface area contributed by atoms with Crippen LogP contribution in [0.25, 0.3) is 11.4 Å². The Morgan fingerprint density at radius 2 is 1.74 bits per heavy atom. The summed E-state index contributed by atoms with van der Waals surface area (Å²) in [4.78, 5) is 40.7. The number of para-hydroxylation sites is 1. The van der Waals surface area contributed by atoms with E-state index in [0.29, 0.717) is 38.4 Å². The fourth-order valence-corrected chi connectivity index (χ4v) is 5.60. The highest BCUT2D eigenvalue weighted by molar-refractivity contribution is 7.17. The molecule has 1 aliphatic heterocycles. The molecule has 0 bridgehead atoms. The van der Waals surface area contributed by atoms with Crippen LogP contribution in [0.5, 0.6) is 0 Å². The number of pyridine rings is 1. The predicted molar refractivity (Wildman–Crippen MR) is 167 cm³/mol. The van der Waals surface area contributed by atoms with Crippen molar-refractivity contribution in [2.24, 2.45) is 0 Å². The Bertz CT molecular complexity index is 1660. The SMILES string of the molecule is Cc1cccc(Cl)c1NC(=O)c1cnc(Nc2nc(-c3ccccc3)nc(N3CCN(Cc4ccncc4)CC3)n2)s1. The summed E-state index contributed by atoms with van der Waals surface area (Å²) in [6.45, 7) is 6.11. The number of hydrogen-bond acceptors (Lipinski definition) is 10. The van der Waals surface area contributed by atoms with Crippen LogP contribution < -0.4 is 15.5 Å². The van der Waals surface area contributed by atoms with E-state index in [4.69, 9.17) is 21.6 Å². The molecule has 5 aromatic rings. The van der Waals surface area contributed by atoms with Crippen molar-refractivity contribution in [3.63, 3.8) is 0 Å². The summed E-state index contributed by atoms with van der Waals surface area (Å²) >= 11 is 7.50. The largest absolute Gasteiger partial charge is 0.338 e. The van der Waals surface area contributed by atoms with Crippen molar-refractivity contribution >= 4 is 51.6 Å². The molecule has 1 aliphatic rings. The van der Waals surface area contributed by atoms with Crippen molar-refractivity contribution in [3.8, 4) is 11.4 Å². The maximum atomic E-state index is 12.9. The smallest absolute Gasteiger partial charge is 0.267 e. The fourth-order valence-electron chi connectivity index (χ4n) is 4.63. The molecule has 2 aromatic carbocycles. The number of carbonyl (C=O) groups is 1. The second-order valence-electron chi connectivity index (χ2n) is 9.81. The molecule has 0 saturated carbocycles. The third-order valence-corrected chi connectivity index (χ3v) is 8.10. The van der Waals surface area contributed by atoms with E-state index in [1.165, 1.54) is 23.1 Å². The minimum Gasteiger partial charge on any atom is -0.338 e. The second-order valence-corrected chi connectivity index (χ2v) is 11.2. The van der Waals surface area contributed by atoms with Crippen molar-refractivity contribution in [2.75, 3.05) is 41.7 Å². The van der Waals surface area contributed by atoms with Crippen LogP contribution in [0.2, 0.25) is 5.02 Å². The minimum absolute atomic E-state index is 0.289. The van der Waals surface area contributed by atoms with E-state index in [-0.39, 0.29) is 5.91 Å². The zero-order valence-corrected chi connectivity index (χ0v) is 24.4. The lowest BCUT2D eigenvalue weighted by Gasteiger charge is -2.34. The number of piperazine rings is 1. The number of thiazole rings is 1. The Hall–Kier alpha value is -4.45. The van der Waals surface area contributed by atoms with Crippen LogP contribution in [0.3, 0.4) is 0 Å². The average Bonchev–Trinajstić information content (AvgIpc) is 3.49. The monoisotopic (exact) mass is 597 g/mol. The number of hydrogen-bond donors (Lipinski definition) is 2. The standard InChI is InChI=1S/C30H28ClN9OS/c1-20-6-5-9-23(31)25(20)34-27(41)24-18-33-30(42-24)38-28-35-26(22-7-3-2-4-8-22)36-29(37-28)40-16-14-39(15-17-40)19-21-10-12-32-13-11-21/h2-13,18H,14-17,19H2,1H3,(H,34,41)(H,33,35,36,37,38). The molecule has 10 nitrogen and oxygen atoms in total. The summed E-state index contributed by atoms with van der Waals surface area (Å²) in [6.07, 6.45) is 5.18. The van der Waals surface area contributed by atoms with Crippen molar-refractivity contribution in [3.05, 3.63) is 100 Å². The summed E-state index contributed by atoms with van der Waals surface area (Å²) in [5, 5.41) is 7.06. The number of carbonyl (C=O) groups excluding carboxylic acids is 1. The van der Waals surface area contributed by atoms with Gasteiger partial charge in [0.25, 0.3) is 5.91 Å². The van der Waals surface area contributed by atoms with E-state index >= 15 is 0 Å². The highest BCUT2D eigenvalue weighted by atomic mass is 35.5. The summed E-state index contributed by atoms with van der Waals surface area (Å²) in [6, 6.07) is 19.4. The van der Waals surface area contributed by atoms with Gasteiger partial charge in [-0.3, -0.25) is 20.0 Å². The molecule has 0 unspecified atom stereocenters. The molecule has 1 amide bonds. The first-order chi connectivity index (χ1) is 20.5. The van der Waals surface area contributed by atoms with Gasteiger partial charge in [0.05, 0.1) is 16.9 Å². The lowest BCUT2D eigenvalue weighted by atomic mass is 10.2. The normalized spacial score (nSPS) is 13.6. The molecular weight excluding hydrogens is 570 g/mol. The van der Waals surface area contributed by atoms with Gasteiger partial charge >= 0.3 is 0 Å². The van der Waals surface area contributed by atoms with Crippen LogP contribution in [0.15, 0.2) is 79.3 Å². The summed E-state index contributed by atoms with van der Waals surface area (Å²) in [7, 11) is 0. The number of rotatable bonds is 8. The molecule has 212 valence electrons. The zero-order valence-electron chi connectivity index (χ0n) is 22.9. The molecule has 0 radical (unpaired) electrons. The number of nitrogens with zero attached hydrogens (tertiary/aromatic N) is 7. The molecule has 0 spiro atoms. The average molecular weight is 598 g/mol. The van der Waals surface area contributed by atoms with Crippen LogP contribution in [-0.4, -0.2) is 61.9 Å². The Labute approximate surface area is 252 Å². The van der Waals surface area contributed by atoms with Crippen LogP contribution in [0.1, 0.15) is 20.8 Å². The lowest BCUT2D eigenvalue weighted by Crippen LogP contribution is -2.46. The molecule has 3 aromatic heterocycles. The number of nitrogens with one attached hydrogen (secondary N) is 2. The number of aryl methyl sites for hydroxylation is 1. The highest BCUT2D eigenvalue weighted by Crippen LogP contribution is 2.28. The van der Waals surface area contributed by atoms with E-state index in [0.717, 1.165) is 43.9 Å². The predicted octanol–water partition coefficient (Wildman–Crippen LogP) is 5.67. The van der Waals surface area contributed by atoms with Gasteiger partial charge in [0.1, 0.15) is 4.88 Å². The molecule has 1 saturated heterocycles. The first-order valence-corrected chi connectivity index (χ1v) is 14.7. The molecule has 0 aliphatic carbocycles. The molecule has 12 heteroatoms. The first-order valence-electron chi connectivity index (χ1n) is 13.5. The highest BCUT2D eigenvalue weighted by Gasteiger charge is 2.22. The molecule has 1 fully saturated rings. The van der Waals surface area contributed by atoms with Gasteiger partial charge in [0, 0.05) is 50.7 Å². The van der Waals surface area contributed by atoms with E-state index in [1.807, 2.05) is 73.9 Å². The third kappa shape index (κ3) is 6.54. The summed E-state index contributed by atoms with van der Waals surface area (Å²) in [5.74, 6) is 1.23. The Kier molecular flexibility index (Phi) is 8.31. The fraction of sp³-hybridized carbons (Fsp3) is 0.200. The van der Waals surface area contributed by atoms with Gasteiger partial charge in [-0.2, -0.15) is 15.0 Å². The number of halogens is 1. The molecular formula is C30H28ClN9OS. The Morgan fingerprint density at radius 3 is 2.50 bits per heavy atom. The van der Waals surface area contributed by atoms with Gasteiger partial charge in [0.2, 0.25) is 11.9 Å². The van der Waals surface area contributed by atoms with Gasteiger partial charge in [-0.05, 0) is 36.2 Å². The van der Waals surface area contributed by atoms with E-state index < -0.39 is 0 Å². The van der Waals surface area contributed by atoms with Crippen LogP contribution in [0, 0.1) is 6.92 Å². The number of aromatic nitrogens is 5. The minimum atomic E-state index is -0.289. The van der Waals surface area contributed by atoms with Crippen LogP contribution in [-0.2, 0) is 6.54 Å². The molecule has 4 heterocycles. The lowest BCUT2D eigenvalue weighted by molar-refractivity contribution is 0.103. The summed E-state index contributed by atoms with van der Waals surface area (Å²) in [5.41, 5.74) is 3.59. The van der Waals surface area contributed by atoms with Crippen molar-refractivity contribution < 1.29 is 4.79 Å². The van der Waals surface area contributed by atoms with Gasteiger partial charge in [-0.1, -0.05) is 65.4 Å². The van der Waals surface area contributed by atoms with E-state index in [9.17, 15) is 4.79 Å². The van der Waals surface area contributed by atoms with E-state index in [2.05, 4.69) is 35.4 Å². The molecule has 0 atom stereocenters. The maximum absolute atomic E-state index is 12.9. The number of benzene rings is 2. The number of amides is 1. The van der Waals surface area contributed by atoms with Crippen molar-refractivity contribution in [1.29, 1.82) is 0 Å². The van der Waals surface area contributed by atoms with Gasteiger partial charge < -0.3 is 10.2 Å². The topological polar surface area (TPSA) is 112 Å². The molecule has 6 rings (SSSR count). The molecule has 42 heavy (non-hydrogen) atoms.